The molecule has 1 aromatic rings. The molecule has 5 nitrogen and oxygen atoms in total. The molecule has 0 aliphatic rings. The normalized spacial score (nSPS) is 11.9. The van der Waals surface area contributed by atoms with Gasteiger partial charge >= 0.3 is 12.0 Å². The quantitative estimate of drug-likeness (QED) is 0.809. The highest BCUT2D eigenvalue weighted by molar-refractivity contribution is 7.98. The molecular formula is C12H18N2O3S2. The van der Waals surface area contributed by atoms with Gasteiger partial charge in [0.2, 0.25) is 0 Å². The minimum absolute atomic E-state index is 0.361. The number of hydrogen-bond acceptors (Lipinski definition) is 4. The average Bonchev–Trinajstić information content (AvgIpc) is 2.86. The summed E-state index contributed by atoms with van der Waals surface area (Å²) < 4.78 is 0. The summed E-state index contributed by atoms with van der Waals surface area (Å²) in [4.78, 5) is 24.4. The van der Waals surface area contributed by atoms with Gasteiger partial charge in [-0.05, 0) is 40.8 Å². The third kappa shape index (κ3) is 5.52. The van der Waals surface area contributed by atoms with Crippen molar-refractivity contribution in [1.82, 2.24) is 10.2 Å². The zero-order valence-corrected chi connectivity index (χ0v) is 12.6. The third-order valence-corrected chi connectivity index (χ3v) is 3.93. The number of carbonyl (C=O) groups excluding carboxylic acids is 1. The molecule has 2 amide bonds. The molecule has 0 fully saturated rings. The Kier molecular flexibility index (Phi) is 6.72. The second kappa shape index (κ2) is 8.06. The van der Waals surface area contributed by atoms with Crippen molar-refractivity contribution in [2.75, 3.05) is 19.1 Å². The first kappa shape index (κ1) is 15.8. The van der Waals surface area contributed by atoms with Crippen molar-refractivity contribution >= 4 is 35.1 Å². The predicted molar refractivity (Wildman–Crippen MR) is 78.7 cm³/mol. The second-order valence-corrected chi connectivity index (χ2v) is 5.88. The minimum Gasteiger partial charge on any atom is -0.480 e. The number of amides is 2. The summed E-state index contributed by atoms with van der Waals surface area (Å²) in [5, 5.41) is 15.5. The van der Waals surface area contributed by atoms with E-state index in [2.05, 4.69) is 5.32 Å². The fraction of sp³-hybridized carbons (Fsp3) is 0.500. The molecule has 1 atom stereocenters. The monoisotopic (exact) mass is 302 g/mol. The average molecular weight is 302 g/mol. The van der Waals surface area contributed by atoms with Crippen LogP contribution in [-0.4, -0.2) is 47.1 Å². The summed E-state index contributed by atoms with van der Waals surface area (Å²) in [5.74, 6) is -0.294. The van der Waals surface area contributed by atoms with Crippen molar-refractivity contribution in [1.29, 1.82) is 0 Å². The first-order valence-electron chi connectivity index (χ1n) is 5.79. The Morgan fingerprint density at radius 2 is 2.32 bits per heavy atom. The molecular weight excluding hydrogens is 284 g/mol. The summed E-state index contributed by atoms with van der Waals surface area (Å²) in [6, 6.07) is 0.751. The van der Waals surface area contributed by atoms with E-state index in [0.717, 1.165) is 5.56 Å². The lowest BCUT2D eigenvalue weighted by Gasteiger charge is -2.21. The number of nitrogens with zero attached hydrogens (tertiary/aromatic N) is 1. The summed E-state index contributed by atoms with van der Waals surface area (Å²) in [6.45, 7) is 0.476. The Hall–Kier alpha value is -1.21. The molecule has 1 rings (SSSR count). The van der Waals surface area contributed by atoms with Crippen LogP contribution in [0, 0.1) is 0 Å². The summed E-state index contributed by atoms with van der Waals surface area (Å²) in [6.07, 6.45) is 2.33. The van der Waals surface area contributed by atoms with Crippen LogP contribution in [0.15, 0.2) is 16.8 Å². The van der Waals surface area contributed by atoms with Crippen LogP contribution in [-0.2, 0) is 11.3 Å². The van der Waals surface area contributed by atoms with E-state index in [1.54, 1.807) is 30.1 Å². The number of nitrogens with one attached hydrogen (secondary N) is 1. The maximum atomic E-state index is 11.9. The lowest BCUT2D eigenvalue weighted by atomic mass is 10.2. The Labute approximate surface area is 121 Å². The Bertz CT molecular complexity index is 409. The smallest absolute Gasteiger partial charge is 0.326 e. The molecule has 0 aromatic carbocycles. The number of carbonyl (C=O) groups is 2. The van der Waals surface area contributed by atoms with Crippen LogP contribution in [0.25, 0.3) is 0 Å². The highest BCUT2D eigenvalue weighted by Gasteiger charge is 2.21. The molecule has 106 valence electrons. The van der Waals surface area contributed by atoms with Crippen molar-refractivity contribution in [3.05, 3.63) is 22.4 Å². The SMILES string of the molecule is CSCCC(NC(=O)N(C)Cc1ccsc1)C(=O)O. The first-order valence-corrected chi connectivity index (χ1v) is 8.12. The number of hydrogen-bond donors (Lipinski definition) is 2. The minimum atomic E-state index is -0.994. The molecule has 0 saturated heterocycles. The molecule has 7 heteroatoms. The van der Waals surface area contributed by atoms with Crippen LogP contribution in [0.2, 0.25) is 0 Å². The van der Waals surface area contributed by atoms with E-state index in [4.69, 9.17) is 5.11 Å². The van der Waals surface area contributed by atoms with Gasteiger partial charge in [0.25, 0.3) is 0 Å². The standard InChI is InChI=1S/C12H18N2O3S2/c1-14(7-9-3-6-19-8-9)12(17)13-10(11(15)16)4-5-18-2/h3,6,8,10H,4-5,7H2,1-2H3,(H,13,17)(H,15,16). The van der Waals surface area contributed by atoms with Gasteiger partial charge in [-0.2, -0.15) is 23.1 Å². The highest BCUT2D eigenvalue weighted by atomic mass is 32.2. The molecule has 0 radical (unpaired) electrons. The van der Waals surface area contributed by atoms with Gasteiger partial charge in [0.05, 0.1) is 0 Å². The molecule has 1 heterocycles. The fourth-order valence-corrected chi connectivity index (χ4v) is 2.61. The van der Waals surface area contributed by atoms with Crippen LogP contribution in [0.1, 0.15) is 12.0 Å². The zero-order valence-electron chi connectivity index (χ0n) is 11.0. The van der Waals surface area contributed by atoms with E-state index >= 15 is 0 Å². The molecule has 0 saturated carbocycles. The van der Waals surface area contributed by atoms with Crippen molar-refractivity contribution < 1.29 is 14.7 Å². The summed E-state index contributed by atoms with van der Waals surface area (Å²) in [7, 11) is 1.65. The number of urea groups is 1. The molecule has 19 heavy (non-hydrogen) atoms. The van der Waals surface area contributed by atoms with Gasteiger partial charge < -0.3 is 15.3 Å². The first-order chi connectivity index (χ1) is 9.04. The summed E-state index contributed by atoms with van der Waals surface area (Å²) in [5.41, 5.74) is 1.04. The van der Waals surface area contributed by atoms with E-state index in [1.807, 2.05) is 23.1 Å². The van der Waals surface area contributed by atoms with E-state index in [0.29, 0.717) is 18.7 Å². The number of carboxylic acids is 1. The molecule has 0 spiro atoms. The van der Waals surface area contributed by atoms with Gasteiger partial charge in [-0.15, -0.1) is 0 Å². The number of thiophene rings is 1. The number of carboxylic acid groups (broad SMARTS) is 1. The van der Waals surface area contributed by atoms with E-state index in [1.165, 1.54) is 4.90 Å². The Morgan fingerprint density at radius 3 is 2.84 bits per heavy atom. The van der Waals surface area contributed by atoms with E-state index < -0.39 is 12.0 Å². The van der Waals surface area contributed by atoms with Crippen LogP contribution in [0.4, 0.5) is 4.79 Å². The maximum absolute atomic E-state index is 11.9. The molecule has 0 bridgehead atoms. The molecule has 2 N–H and O–H groups in total. The van der Waals surface area contributed by atoms with Gasteiger partial charge in [0, 0.05) is 13.6 Å². The Morgan fingerprint density at radius 1 is 1.58 bits per heavy atom. The lowest BCUT2D eigenvalue weighted by molar-refractivity contribution is -0.139. The van der Waals surface area contributed by atoms with Crippen molar-refractivity contribution in [2.24, 2.45) is 0 Å². The largest absolute Gasteiger partial charge is 0.480 e. The van der Waals surface area contributed by atoms with Crippen LogP contribution < -0.4 is 5.32 Å². The van der Waals surface area contributed by atoms with E-state index in [-0.39, 0.29) is 6.03 Å². The summed E-state index contributed by atoms with van der Waals surface area (Å²) >= 11 is 3.13. The third-order valence-electron chi connectivity index (χ3n) is 2.55. The van der Waals surface area contributed by atoms with Crippen LogP contribution in [0.3, 0.4) is 0 Å². The zero-order chi connectivity index (χ0) is 14.3. The van der Waals surface area contributed by atoms with Crippen LogP contribution in [0.5, 0.6) is 0 Å². The Balaban J connectivity index is 2.48. The molecule has 0 aliphatic heterocycles. The number of thioether (sulfide) groups is 1. The van der Waals surface area contributed by atoms with Gasteiger partial charge in [-0.25, -0.2) is 9.59 Å². The number of rotatable bonds is 7. The molecule has 1 unspecified atom stereocenters. The van der Waals surface area contributed by atoms with Gasteiger partial charge in [0.1, 0.15) is 6.04 Å². The van der Waals surface area contributed by atoms with E-state index in [9.17, 15) is 9.59 Å². The van der Waals surface area contributed by atoms with Gasteiger partial charge in [-0.1, -0.05) is 0 Å². The van der Waals surface area contributed by atoms with Crippen molar-refractivity contribution in [3.8, 4) is 0 Å². The van der Waals surface area contributed by atoms with Crippen LogP contribution >= 0.6 is 23.1 Å². The lowest BCUT2D eigenvalue weighted by Crippen LogP contribution is -2.46. The van der Waals surface area contributed by atoms with Gasteiger partial charge in [0.15, 0.2) is 0 Å². The number of aliphatic carboxylic acids is 1. The van der Waals surface area contributed by atoms with Crippen molar-refractivity contribution in [3.63, 3.8) is 0 Å². The molecule has 0 aliphatic carbocycles. The van der Waals surface area contributed by atoms with Gasteiger partial charge in [-0.3, -0.25) is 0 Å². The maximum Gasteiger partial charge on any atom is 0.326 e. The van der Waals surface area contributed by atoms with Crippen molar-refractivity contribution in [2.45, 2.75) is 19.0 Å². The predicted octanol–water partition coefficient (Wildman–Crippen LogP) is 2.10. The molecule has 1 aromatic heterocycles. The fourth-order valence-electron chi connectivity index (χ4n) is 1.48. The second-order valence-electron chi connectivity index (χ2n) is 4.11. The topological polar surface area (TPSA) is 69.6 Å². The highest BCUT2D eigenvalue weighted by Crippen LogP contribution is 2.09.